The number of carbonyl (C=O) groups excluding carboxylic acids is 1. The number of benzene rings is 2. The molecule has 4 aromatic rings. The van der Waals surface area contributed by atoms with E-state index >= 15 is 0 Å². The van der Waals surface area contributed by atoms with Gasteiger partial charge in [0.15, 0.2) is 0 Å². The summed E-state index contributed by atoms with van der Waals surface area (Å²) in [6, 6.07) is 12.3. The molecule has 0 saturated carbocycles. The third-order valence-electron chi connectivity index (χ3n) is 6.95. The van der Waals surface area contributed by atoms with E-state index in [1.807, 2.05) is 51.3 Å². The van der Waals surface area contributed by atoms with E-state index in [1.54, 1.807) is 18.9 Å². The number of aryl methyl sites for hydroxylation is 1. The normalized spacial score (nSPS) is 11.9. The quantitative estimate of drug-likeness (QED) is 0.107. The van der Waals surface area contributed by atoms with Crippen LogP contribution in [-0.4, -0.2) is 77.4 Å². The molecule has 2 N–H and O–H groups in total. The fourth-order valence-electron chi connectivity index (χ4n) is 4.72. The van der Waals surface area contributed by atoms with Gasteiger partial charge in [-0.3, -0.25) is 4.79 Å². The van der Waals surface area contributed by atoms with Gasteiger partial charge in [-0.15, -0.1) is 11.8 Å². The Balaban J connectivity index is 0.00000207. The Kier molecular flexibility index (Phi) is 11.1. The number of likely N-dealkylation sites (N-methyl/N-ethyl adjacent to an activating group) is 2. The molecule has 0 atom stereocenters. The third kappa shape index (κ3) is 7.51. The number of anilines is 4. The number of nitrogens with one attached hydrogen (secondary N) is 2. The molecule has 5 rings (SSSR count). The maximum absolute atomic E-state index is 12.4. The molecule has 0 saturated heterocycles. The molecule has 0 aliphatic carbocycles. The molecule has 2 aromatic heterocycles. The summed E-state index contributed by atoms with van der Waals surface area (Å²) in [4.78, 5) is 29.4. The van der Waals surface area contributed by atoms with Gasteiger partial charge in [-0.1, -0.05) is 41.3 Å². The molecule has 1 aliphatic heterocycles. The molecule has 11 heteroatoms. The molecule has 9 nitrogen and oxygen atoms in total. The fourth-order valence-corrected chi connectivity index (χ4v) is 5.64. The van der Waals surface area contributed by atoms with Crippen LogP contribution in [0.5, 0.6) is 5.75 Å². The van der Waals surface area contributed by atoms with Crippen LogP contribution in [0.2, 0.25) is 0 Å². The highest BCUT2D eigenvalue weighted by Gasteiger charge is 2.20. The van der Waals surface area contributed by atoms with Gasteiger partial charge in [0.25, 0.3) is 0 Å². The molecule has 226 valence electrons. The molecular formula is C32H38IN7O2S. The van der Waals surface area contributed by atoms with Crippen molar-refractivity contribution in [2.45, 2.75) is 4.90 Å². The van der Waals surface area contributed by atoms with E-state index in [2.05, 4.69) is 90.7 Å². The first-order valence-corrected chi connectivity index (χ1v) is 16.8. The van der Waals surface area contributed by atoms with Gasteiger partial charge in [0.1, 0.15) is 5.75 Å². The molecular weight excluding hydrogens is 673 g/mol. The van der Waals surface area contributed by atoms with Crippen LogP contribution in [0.1, 0.15) is 5.69 Å². The summed E-state index contributed by atoms with van der Waals surface area (Å²) in [5, 5.41) is 7.48. The second-order valence-electron chi connectivity index (χ2n) is 10.1. The van der Waals surface area contributed by atoms with E-state index in [4.69, 9.17) is 14.7 Å². The number of nitrogens with zero attached hydrogens (tertiary/aromatic N) is 5. The lowest BCUT2D eigenvalue weighted by Crippen LogP contribution is -2.29. The molecule has 0 bridgehead atoms. The zero-order valence-electron chi connectivity index (χ0n) is 25.4. The van der Waals surface area contributed by atoms with E-state index in [1.165, 1.54) is 6.08 Å². The molecule has 0 fully saturated rings. The van der Waals surface area contributed by atoms with Crippen molar-refractivity contribution in [1.29, 1.82) is 0 Å². The third-order valence-corrected chi connectivity index (χ3v) is 8.00. The number of carbonyl (C=O) groups is 1. The van der Waals surface area contributed by atoms with Crippen molar-refractivity contribution in [2.75, 3.05) is 67.6 Å². The average molecular weight is 712 g/mol. The first-order chi connectivity index (χ1) is 20.8. The Labute approximate surface area is 271 Å². The monoisotopic (exact) mass is 711 g/mol. The summed E-state index contributed by atoms with van der Waals surface area (Å²) in [6.45, 7) is 5.22. The highest BCUT2D eigenvalue weighted by Crippen LogP contribution is 2.40. The summed E-state index contributed by atoms with van der Waals surface area (Å²) in [6.07, 6.45) is 7.47. The molecule has 1 aliphatic rings. The highest BCUT2D eigenvalue weighted by atomic mass is 127. The number of amides is 1. The zero-order valence-corrected chi connectivity index (χ0v) is 28.4. The van der Waals surface area contributed by atoms with E-state index in [0.717, 1.165) is 57.3 Å². The average Bonchev–Trinajstić information content (AvgIpc) is 3.40. The van der Waals surface area contributed by atoms with E-state index in [9.17, 15) is 4.79 Å². The van der Waals surface area contributed by atoms with Gasteiger partial charge in [0.2, 0.25) is 11.9 Å². The lowest BCUT2D eigenvalue weighted by Gasteiger charge is -2.26. The topological polar surface area (TPSA) is 87.5 Å². The minimum absolute atomic E-state index is 0.297. The number of rotatable bonds is 10. The number of aromatic nitrogens is 3. The van der Waals surface area contributed by atoms with Crippen LogP contribution >= 0.6 is 34.4 Å². The van der Waals surface area contributed by atoms with Gasteiger partial charge < -0.3 is 29.7 Å². The summed E-state index contributed by atoms with van der Waals surface area (Å²) in [5.41, 5.74) is 6.01. The van der Waals surface area contributed by atoms with Crippen LogP contribution in [0.15, 0.2) is 66.2 Å². The lowest BCUT2D eigenvalue weighted by atomic mass is 10.1. The number of methoxy groups -OCH3 is 1. The number of halogens is 1. The Morgan fingerprint density at radius 1 is 1.14 bits per heavy atom. The first-order valence-electron chi connectivity index (χ1n) is 13.7. The molecule has 0 radical (unpaired) electrons. The molecule has 43 heavy (non-hydrogen) atoms. The lowest BCUT2D eigenvalue weighted by molar-refractivity contribution is -0.111. The van der Waals surface area contributed by atoms with E-state index in [-0.39, 0.29) is 5.91 Å². The number of fused-ring (bicyclic) bond motifs is 2. The van der Waals surface area contributed by atoms with Crippen molar-refractivity contribution in [1.82, 2.24) is 19.4 Å². The predicted molar refractivity (Wildman–Crippen MR) is 191 cm³/mol. The Morgan fingerprint density at radius 2 is 1.93 bits per heavy atom. The van der Waals surface area contributed by atoms with Gasteiger partial charge in [0, 0.05) is 61.7 Å². The minimum Gasteiger partial charge on any atom is -0.494 e. The van der Waals surface area contributed by atoms with Gasteiger partial charge in [-0.05, 0) is 55.4 Å². The van der Waals surface area contributed by atoms with Crippen molar-refractivity contribution < 1.29 is 9.53 Å². The van der Waals surface area contributed by atoms with Crippen LogP contribution in [0.4, 0.5) is 23.0 Å². The summed E-state index contributed by atoms with van der Waals surface area (Å²) in [7, 11) is 9.71. The Morgan fingerprint density at radius 3 is 2.65 bits per heavy atom. The SMILES string of the molecule is C=CC(=O)Nc1cc(Nc2nc3c(c(-c4ccc5c(ccn5C)c4)n2)SCC=C3)c(OC)cc1N(C)CCN(C)C.CI. The standard InChI is InChI=1S/C31H35N7O2S.CH3I/c1-7-28(39)32-23-18-24(27(40-6)19-26(23)38(5)15-14-36(2)3)34-31-33-22-9-8-16-41-30(22)29(35-31)21-10-11-25-20(17-21)12-13-37(25)4;1-2/h7-13,17-19H,1,14-16H2,2-6H3,(H,32,39)(H,33,34,35);1H3. The van der Waals surface area contributed by atoms with E-state index in [0.29, 0.717) is 23.1 Å². The van der Waals surface area contributed by atoms with Gasteiger partial charge >= 0.3 is 0 Å². The van der Waals surface area contributed by atoms with Crippen molar-refractivity contribution in [3.05, 3.63) is 67.0 Å². The largest absolute Gasteiger partial charge is 0.494 e. The first kappa shape index (κ1) is 32.4. The maximum Gasteiger partial charge on any atom is 0.247 e. The summed E-state index contributed by atoms with van der Waals surface area (Å²) >= 11 is 3.88. The number of ether oxygens (including phenoxy) is 1. The Bertz CT molecular complexity index is 1650. The van der Waals surface area contributed by atoms with Crippen LogP contribution in [0.3, 0.4) is 0 Å². The van der Waals surface area contributed by atoms with Crippen molar-refractivity contribution in [3.63, 3.8) is 0 Å². The van der Waals surface area contributed by atoms with Crippen LogP contribution < -0.4 is 20.3 Å². The molecule has 2 aromatic carbocycles. The number of hydrogen-bond acceptors (Lipinski definition) is 8. The molecule has 0 spiro atoms. The minimum atomic E-state index is -0.297. The van der Waals surface area contributed by atoms with Crippen LogP contribution in [-0.2, 0) is 11.8 Å². The van der Waals surface area contributed by atoms with Crippen molar-refractivity contribution in [3.8, 4) is 17.0 Å². The number of hydrogen-bond donors (Lipinski definition) is 2. The number of thioether (sulfide) groups is 1. The smallest absolute Gasteiger partial charge is 0.247 e. The van der Waals surface area contributed by atoms with Crippen molar-refractivity contribution in [2.24, 2.45) is 7.05 Å². The number of alkyl halides is 1. The summed E-state index contributed by atoms with van der Waals surface area (Å²) in [5.74, 6) is 1.61. The second-order valence-corrected chi connectivity index (χ2v) is 11.2. The summed E-state index contributed by atoms with van der Waals surface area (Å²) < 4.78 is 7.90. The molecule has 1 amide bonds. The second kappa shape index (κ2) is 14.8. The van der Waals surface area contributed by atoms with Gasteiger partial charge in [-0.25, -0.2) is 9.97 Å². The predicted octanol–water partition coefficient (Wildman–Crippen LogP) is 6.68. The van der Waals surface area contributed by atoms with E-state index < -0.39 is 0 Å². The van der Waals surface area contributed by atoms with Crippen molar-refractivity contribution >= 4 is 80.2 Å². The fraction of sp³-hybridized carbons (Fsp3) is 0.281. The van der Waals surface area contributed by atoms with Gasteiger partial charge in [-0.2, -0.15) is 0 Å². The van der Waals surface area contributed by atoms with Gasteiger partial charge in [0.05, 0.1) is 40.5 Å². The maximum atomic E-state index is 12.4. The highest BCUT2D eigenvalue weighted by molar-refractivity contribution is 14.1. The van der Waals surface area contributed by atoms with Crippen LogP contribution in [0, 0.1) is 0 Å². The van der Waals surface area contributed by atoms with Crippen LogP contribution in [0.25, 0.3) is 28.2 Å². The zero-order chi connectivity index (χ0) is 31.1. The Hall–Kier alpha value is -3.55. The molecule has 3 heterocycles. The molecule has 0 unspecified atom stereocenters.